The largest absolute Gasteiger partial charge is 0.497 e. The molecule has 0 spiro atoms. The molecule has 1 fully saturated rings. The summed E-state index contributed by atoms with van der Waals surface area (Å²) >= 11 is 6.14. The lowest BCUT2D eigenvalue weighted by Crippen LogP contribution is -2.51. The van der Waals surface area contributed by atoms with E-state index in [-0.39, 0.29) is 17.7 Å². The summed E-state index contributed by atoms with van der Waals surface area (Å²) in [4.78, 5) is 34.8. The van der Waals surface area contributed by atoms with Crippen LogP contribution in [-0.2, 0) is 15.2 Å². The maximum absolute atomic E-state index is 13.6. The van der Waals surface area contributed by atoms with Crippen LogP contribution in [-0.4, -0.2) is 46.8 Å². The minimum absolute atomic E-state index is 0.00544. The van der Waals surface area contributed by atoms with Crippen molar-refractivity contribution in [2.75, 3.05) is 20.2 Å². The van der Waals surface area contributed by atoms with Gasteiger partial charge in [-0.05, 0) is 42.7 Å². The maximum Gasteiger partial charge on any atom is 0.256 e. The smallest absolute Gasteiger partial charge is 0.256 e. The Morgan fingerprint density at radius 1 is 1.26 bits per heavy atom. The number of nitrogens with zero attached hydrogens (tertiary/aromatic N) is 3. The van der Waals surface area contributed by atoms with Crippen molar-refractivity contribution in [1.82, 2.24) is 14.8 Å². The average molecular weight is 436 g/mol. The molecule has 5 rings (SSSR count). The molecule has 158 valence electrons. The standard InChI is InChI=1S/C24H22ClN3O3/c1-31-19-8-2-16(3-9-19)14-22(29)27-12-13-28-23(30)20-10-11-26-15-21(20)24(27,28)17-4-6-18(25)7-5-17/h2,4-11,15-16H,3,12-14H2,1H3. The Hall–Kier alpha value is -3.12. The number of halogens is 1. The van der Waals surface area contributed by atoms with Crippen molar-refractivity contribution in [3.05, 3.63) is 88.4 Å². The van der Waals surface area contributed by atoms with Crippen LogP contribution in [0.5, 0.6) is 0 Å². The number of amides is 2. The summed E-state index contributed by atoms with van der Waals surface area (Å²) in [6, 6.07) is 9.11. The van der Waals surface area contributed by atoms with Crippen LogP contribution >= 0.6 is 11.6 Å². The Morgan fingerprint density at radius 3 is 2.77 bits per heavy atom. The number of aromatic nitrogens is 1. The van der Waals surface area contributed by atoms with Crippen LogP contribution in [0, 0.1) is 5.92 Å². The maximum atomic E-state index is 13.6. The van der Waals surface area contributed by atoms with Gasteiger partial charge in [-0.3, -0.25) is 14.6 Å². The Kier molecular flexibility index (Phi) is 4.82. The predicted molar refractivity (Wildman–Crippen MR) is 116 cm³/mol. The minimum Gasteiger partial charge on any atom is -0.497 e. The van der Waals surface area contributed by atoms with Crippen LogP contribution < -0.4 is 0 Å². The fourth-order valence-electron chi connectivity index (χ4n) is 4.95. The first-order valence-electron chi connectivity index (χ1n) is 10.3. The number of pyridine rings is 1. The van der Waals surface area contributed by atoms with E-state index in [0.29, 0.717) is 30.1 Å². The van der Waals surface area contributed by atoms with Gasteiger partial charge < -0.3 is 14.5 Å². The number of ether oxygens (including phenoxy) is 1. The summed E-state index contributed by atoms with van der Waals surface area (Å²) in [6.45, 7) is 0.938. The topological polar surface area (TPSA) is 62.7 Å². The van der Waals surface area contributed by atoms with Gasteiger partial charge in [0.25, 0.3) is 5.91 Å². The number of benzene rings is 1. The van der Waals surface area contributed by atoms with E-state index in [1.807, 2.05) is 35.3 Å². The van der Waals surface area contributed by atoms with Crippen molar-refractivity contribution in [3.63, 3.8) is 0 Å². The van der Waals surface area contributed by atoms with Gasteiger partial charge in [-0.2, -0.15) is 0 Å². The third-order valence-electron chi connectivity index (χ3n) is 6.38. The number of hydrogen-bond donors (Lipinski definition) is 0. The number of methoxy groups -OCH3 is 1. The van der Waals surface area contributed by atoms with Crippen molar-refractivity contribution >= 4 is 23.4 Å². The molecule has 6 nitrogen and oxygen atoms in total. The molecule has 1 saturated heterocycles. The summed E-state index contributed by atoms with van der Waals surface area (Å²) in [7, 11) is 1.64. The number of hydrogen-bond acceptors (Lipinski definition) is 4. The first-order valence-corrected chi connectivity index (χ1v) is 10.7. The summed E-state index contributed by atoms with van der Waals surface area (Å²) in [6.07, 6.45) is 10.4. The monoisotopic (exact) mass is 435 g/mol. The van der Waals surface area contributed by atoms with Crippen molar-refractivity contribution < 1.29 is 14.3 Å². The van der Waals surface area contributed by atoms with E-state index in [4.69, 9.17) is 16.3 Å². The second-order valence-electron chi connectivity index (χ2n) is 7.97. The molecule has 3 heterocycles. The van der Waals surface area contributed by atoms with Gasteiger partial charge in [0, 0.05) is 48.1 Å². The second-order valence-corrected chi connectivity index (χ2v) is 8.41. The summed E-state index contributed by atoms with van der Waals surface area (Å²) in [5.74, 6) is 0.835. The molecule has 1 aromatic heterocycles. The molecule has 2 atom stereocenters. The van der Waals surface area contributed by atoms with E-state index < -0.39 is 5.66 Å². The molecular weight excluding hydrogens is 414 g/mol. The summed E-state index contributed by atoms with van der Waals surface area (Å²) in [5.41, 5.74) is 1.18. The predicted octanol–water partition coefficient (Wildman–Crippen LogP) is 3.73. The van der Waals surface area contributed by atoms with Crippen LogP contribution in [0.3, 0.4) is 0 Å². The third kappa shape index (κ3) is 2.97. The molecule has 7 heteroatoms. The number of carbonyl (C=O) groups excluding carboxylic acids is 2. The van der Waals surface area contributed by atoms with E-state index in [2.05, 4.69) is 4.98 Å². The Labute approximate surface area is 185 Å². The molecule has 2 amide bonds. The van der Waals surface area contributed by atoms with Gasteiger partial charge in [-0.15, -0.1) is 0 Å². The number of fused-ring (bicyclic) bond motifs is 3. The Bertz CT molecular complexity index is 1110. The minimum atomic E-state index is -0.992. The van der Waals surface area contributed by atoms with Gasteiger partial charge in [0.05, 0.1) is 12.7 Å². The van der Waals surface area contributed by atoms with Gasteiger partial charge >= 0.3 is 0 Å². The van der Waals surface area contributed by atoms with Crippen LogP contribution in [0.2, 0.25) is 5.02 Å². The first-order chi connectivity index (χ1) is 15.1. The van der Waals surface area contributed by atoms with E-state index in [9.17, 15) is 9.59 Å². The van der Waals surface area contributed by atoms with Gasteiger partial charge in [0.2, 0.25) is 5.91 Å². The van der Waals surface area contributed by atoms with E-state index >= 15 is 0 Å². The molecule has 1 aliphatic carbocycles. The zero-order valence-corrected chi connectivity index (χ0v) is 17.9. The molecule has 2 aliphatic heterocycles. The van der Waals surface area contributed by atoms with Crippen molar-refractivity contribution in [1.29, 1.82) is 0 Å². The lowest BCUT2D eigenvalue weighted by Gasteiger charge is -2.40. The number of allylic oxidation sites excluding steroid dienone is 3. The molecule has 2 unspecified atom stereocenters. The lowest BCUT2D eigenvalue weighted by atomic mass is 9.89. The number of carbonyl (C=O) groups is 2. The normalized spacial score (nSPS) is 24.1. The first kappa shape index (κ1) is 19.8. The molecular formula is C24H22ClN3O3. The molecule has 0 bridgehead atoms. The van der Waals surface area contributed by atoms with E-state index in [1.165, 1.54) is 0 Å². The van der Waals surface area contributed by atoms with E-state index in [0.717, 1.165) is 23.3 Å². The fourth-order valence-corrected chi connectivity index (χ4v) is 5.08. The SMILES string of the molecule is COC1=CCC(CC(=O)N2CCN3C(=O)c4ccncc4C23c2ccc(Cl)cc2)C=C1. The van der Waals surface area contributed by atoms with Crippen molar-refractivity contribution in [3.8, 4) is 0 Å². The molecule has 3 aliphatic rings. The Morgan fingerprint density at radius 2 is 2.06 bits per heavy atom. The van der Waals surface area contributed by atoms with E-state index in [1.54, 1.807) is 42.6 Å². The highest BCUT2D eigenvalue weighted by molar-refractivity contribution is 6.30. The summed E-state index contributed by atoms with van der Waals surface area (Å²) in [5, 5.41) is 0.603. The van der Waals surface area contributed by atoms with Crippen LogP contribution in [0.25, 0.3) is 0 Å². The Balaban J connectivity index is 1.56. The molecule has 0 N–H and O–H groups in total. The molecule has 0 radical (unpaired) electrons. The van der Waals surface area contributed by atoms with Crippen LogP contribution in [0.4, 0.5) is 0 Å². The van der Waals surface area contributed by atoms with Gasteiger partial charge in [0.15, 0.2) is 5.66 Å². The highest BCUT2D eigenvalue weighted by Crippen LogP contribution is 2.49. The second kappa shape index (κ2) is 7.54. The zero-order chi connectivity index (χ0) is 21.6. The van der Waals surface area contributed by atoms with Crippen molar-refractivity contribution in [2.45, 2.75) is 18.5 Å². The molecule has 2 aromatic rings. The van der Waals surface area contributed by atoms with Crippen LogP contribution in [0.15, 0.2) is 66.7 Å². The quantitative estimate of drug-likeness (QED) is 0.734. The van der Waals surface area contributed by atoms with Gasteiger partial charge in [-0.1, -0.05) is 29.8 Å². The van der Waals surface area contributed by atoms with Gasteiger partial charge in [-0.25, -0.2) is 0 Å². The third-order valence-corrected chi connectivity index (χ3v) is 6.63. The fraction of sp³-hybridized carbons (Fsp3) is 0.292. The highest BCUT2D eigenvalue weighted by Gasteiger charge is 2.59. The summed E-state index contributed by atoms with van der Waals surface area (Å²) < 4.78 is 5.25. The number of rotatable bonds is 4. The molecule has 31 heavy (non-hydrogen) atoms. The molecule has 1 aromatic carbocycles. The van der Waals surface area contributed by atoms with Crippen LogP contribution in [0.1, 0.15) is 34.3 Å². The zero-order valence-electron chi connectivity index (χ0n) is 17.1. The molecule has 0 saturated carbocycles. The lowest BCUT2D eigenvalue weighted by molar-refractivity contribution is -0.137. The average Bonchev–Trinajstić information content (AvgIpc) is 3.31. The highest BCUT2D eigenvalue weighted by atomic mass is 35.5. The van der Waals surface area contributed by atoms with Gasteiger partial charge in [0.1, 0.15) is 5.76 Å². The van der Waals surface area contributed by atoms with Crippen molar-refractivity contribution in [2.24, 2.45) is 5.92 Å².